The lowest BCUT2D eigenvalue weighted by atomic mass is 9.95. The molecular formula is C54H57F2N9O7. The molecule has 5 aliphatic heterocycles. The second kappa shape index (κ2) is 18.4. The highest BCUT2D eigenvalue weighted by atomic mass is 19.1. The van der Waals surface area contributed by atoms with E-state index < -0.39 is 23.6 Å². The number of fused-ring (bicyclic) bond motifs is 4. The fraction of sp³-hybridized carbons (Fsp3) is 0.481. The molecule has 2 aromatic heterocycles. The van der Waals surface area contributed by atoms with Crippen molar-refractivity contribution in [3.8, 4) is 41.2 Å². The Morgan fingerprint density at radius 1 is 0.917 bits per heavy atom. The van der Waals surface area contributed by atoms with Crippen LogP contribution in [-0.4, -0.2) is 150 Å². The number of benzene rings is 3. The minimum Gasteiger partial charge on any atom is -0.508 e. The van der Waals surface area contributed by atoms with E-state index in [9.17, 15) is 19.5 Å². The van der Waals surface area contributed by atoms with E-state index in [1.807, 2.05) is 12.1 Å². The number of imide groups is 1. The average Bonchev–Trinajstić information content (AvgIpc) is 4.31. The van der Waals surface area contributed by atoms with Gasteiger partial charge in [0.2, 0.25) is 17.7 Å². The normalized spacial score (nSPS) is 23.4. The molecule has 7 heterocycles. The first-order chi connectivity index (χ1) is 35.0. The number of piperazine rings is 1. The van der Waals surface area contributed by atoms with Crippen molar-refractivity contribution in [3.63, 3.8) is 0 Å². The number of pyridine rings is 1. The average molecular weight is 982 g/mol. The number of piperidine rings is 2. The number of phenolic OH excluding ortho intramolecular Hbond substituents is 1. The Morgan fingerprint density at radius 3 is 2.49 bits per heavy atom. The Bertz CT molecular complexity index is 3070. The van der Waals surface area contributed by atoms with Crippen molar-refractivity contribution in [1.82, 2.24) is 35.0 Å². The summed E-state index contributed by atoms with van der Waals surface area (Å²) in [5, 5.41) is 14.1. The molecule has 0 spiro atoms. The number of aromatic hydroxyl groups is 1. The number of ether oxygens (including phenoxy) is 3. The van der Waals surface area contributed by atoms with Crippen LogP contribution in [0.4, 0.5) is 20.3 Å². The molecule has 4 saturated heterocycles. The number of hydrogen-bond acceptors (Lipinski definition) is 14. The summed E-state index contributed by atoms with van der Waals surface area (Å²) in [5.74, 6) is 1.05. The van der Waals surface area contributed by atoms with Crippen LogP contribution in [0.3, 0.4) is 0 Å². The topological polar surface area (TPSA) is 166 Å². The molecule has 6 fully saturated rings. The van der Waals surface area contributed by atoms with Gasteiger partial charge in [-0.15, -0.1) is 6.42 Å². The molecule has 2 aliphatic carbocycles. The lowest BCUT2D eigenvalue weighted by molar-refractivity contribution is -0.136. The molecule has 16 nitrogen and oxygen atoms in total. The van der Waals surface area contributed by atoms with E-state index in [-0.39, 0.29) is 86.5 Å². The van der Waals surface area contributed by atoms with Crippen LogP contribution in [0.25, 0.3) is 32.9 Å². The number of anilines is 2. The number of phenols is 1. The first-order valence-corrected chi connectivity index (χ1v) is 25.3. The zero-order valence-electron chi connectivity index (χ0n) is 40.3. The predicted octanol–water partition coefficient (Wildman–Crippen LogP) is 5.64. The van der Waals surface area contributed by atoms with E-state index in [4.69, 9.17) is 30.6 Å². The molecule has 0 bridgehead atoms. The van der Waals surface area contributed by atoms with Crippen LogP contribution < -0.4 is 24.6 Å². The maximum absolute atomic E-state index is 17.4. The van der Waals surface area contributed by atoms with E-state index in [1.54, 1.807) is 4.90 Å². The van der Waals surface area contributed by atoms with Gasteiger partial charge in [-0.25, -0.2) is 13.8 Å². The summed E-state index contributed by atoms with van der Waals surface area (Å²) in [7, 11) is 1.45. The fourth-order valence-corrected chi connectivity index (χ4v) is 11.9. The first-order valence-electron chi connectivity index (χ1n) is 25.3. The summed E-state index contributed by atoms with van der Waals surface area (Å²) in [5.41, 5.74) is 2.32. The number of hydrogen-bond donors (Lipinski definition) is 2. The number of nitrogens with one attached hydrogen (secondary N) is 1. The van der Waals surface area contributed by atoms with Crippen LogP contribution in [0, 0.1) is 35.3 Å². The highest BCUT2D eigenvalue weighted by Gasteiger charge is 2.48. The van der Waals surface area contributed by atoms with Crippen molar-refractivity contribution in [3.05, 3.63) is 70.8 Å². The lowest BCUT2D eigenvalue weighted by Gasteiger charge is -2.40. The quantitative estimate of drug-likeness (QED) is 0.117. The largest absolute Gasteiger partial charge is 0.508 e. The molecule has 3 aromatic carbocycles. The Hall–Kier alpha value is -6.68. The fourth-order valence-electron chi connectivity index (χ4n) is 11.9. The van der Waals surface area contributed by atoms with E-state index >= 15 is 8.78 Å². The highest BCUT2D eigenvalue weighted by Crippen LogP contribution is 2.48. The monoisotopic (exact) mass is 981 g/mol. The molecule has 12 rings (SSSR count). The number of nitrogens with zero attached hydrogens (tertiary/aromatic N) is 8. The Balaban J connectivity index is 0.702. The van der Waals surface area contributed by atoms with Gasteiger partial charge in [0.1, 0.15) is 40.0 Å². The number of carbonyl (C=O) groups is 3. The van der Waals surface area contributed by atoms with Gasteiger partial charge in [0.25, 0.3) is 5.91 Å². The Kier molecular flexibility index (Phi) is 11.9. The van der Waals surface area contributed by atoms with Crippen LogP contribution in [-0.2, 0) is 20.9 Å². The summed E-state index contributed by atoms with van der Waals surface area (Å²) in [6.07, 6.45) is 12.1. The van der Waals surface area contributed by atoms with Gasteiger partial charge < -0.3 is 43.8 Å². The number of methoxy groups -OCH3 is 1. The zero-order chi connectivity index (χ0) is 49.4. The molecular weight excluding hydrogens is 925 g/mol. The van der Waals surface area contributed by atoms with Gasteiger partial charge in [0.05, 0.1) is 31.4 Å². The molecule has 3 unspecified atom stereocenters. The number of amides is 3. The third kappa shape index (κ3) is 8.58. The summed E-state index contributed by atoms with van der Waals surface area (Å²) >= 11 is 0. The Labute approximate surface area is 415 Å². The van der Waals surface area contributed by atoms with Crippen LogP contribution in [0.15, 0.2) is 42.5 Å². The molecule has 7 aliphatic rings. The standard InChI is InChI=1S/C54H57F2N9O7/c1-3-36-39(55)8-5-32-24-35(66)25-38(44(32)36)47-46(56)48-45(51(58-47)70-2)49(64-15-4-22-71-42-26-41(42)64)60-53(59-48)72-30-54(13-14-54)29-62-20-18-61(19-21-62)27-31-11-16-63(17-12-31)34-6-7-37-33(23-34)28-65(52(37)69)40-9-10-43(67)57-50(40)68/h1,5-8,23-25,31,40-42,66H,4,9-22,26-30H2,2H3,(H,57,67,68). The second-order valence-corrected chi connectivity index (χ2v) is 20.8. The van der Waals surface area contributed by atoms with Crippen LogP contribution in [0.1, 0.15) is 72.9 Å². The SMILES string of the molecule is C#Cc1c(F)ccc2cc(O)cc(-c3nc(OC)c4c(N5CCCOC6CC65)nc(OCC5(CN6CCN(CC7CCN(c8ccc9c(c8)CN(C8CCC(=O)NC8=O)C9=O)CC7)CC6)CC5)nc4c3F)c12. The summed E-state index contributed by atoms with van der Waals surface area (Å²) < 4.78 is 51.0. The number of terminal acetylenes is 1. The maximum atomic E-state index is 17.4. The number of carbonyl (C=O) groups excluding carboxylic acids is 3. The first kappa shape index (κ1) is 46.4. The minimum atomic E-state index is -0.805. The Morgan fingerprint density at radius 2 is 1.72 bits per heavy atom. The molecule has 18 heteroatoms. The molecule has 72 heavy (non-hydrogen) atoms. The van der Waals surface area contributed by atoms with Crippen LogP contribution >= 0.6 is 0 Å². The molecule has 3 amide bonds. The predicted molar refractivity (Wildman–Crippen MR) is 264 cm³/mol. The third-order valence-electron chi connectivity index (χ3n) is 16.1. The summed E-state index contributed by atoms with van der Waals surface area (Å²) in [6.45, 7) is 9.65. The van der Waals surface area contributed by atoms with Gasteiger partial charge in [-0.1, -0.05) is 12.0 Å². The van der Waals surface area contributed by atoms with Crippen molar-refractivity contribution in [1.29, 1.82) is 0 Å². The molecule has 5 aromatic rings. The van der Waals surface area contributed by atoms with Crippen molar-refractivity contribution in [2.45, 2.75) is 76.1 Å². The highest BCUT2D eigenvalue weighted by molar-refractivity contribution is 6.06. The molecule has 3 atom stereocenters. The zero-order valence-corrected chi connectivity index (χ0v) is 40.3. The number of rotatable bonds is 12. The summed E-state index contributed by atoms with van der Waals surface area (Å²) in [4.78, 5) is 63.1. The van der Waals surface area contributed by atoms with Gasteiger partial charge in [-0.05, 0) is 98.2 Å². The number of halogens is 2. The third-order valence-corrected chi connectivity index (χ3v) is 16.1. The van der Waals surface area contributed by atoms with Crippen LogP contribution in [0.2, 0.25) is 0 Å². The van der Waals surface area contributed by atoms with E-state index in [2.05, 4.69) is 41.9 Å². The van der Waals surface area contributed by atoms with Crippen molar-refractivity contribution >= 4 is 50.9 Å². The smallest absolute Gasteiger partial charge is 0.319 e. The van der Waals surface area contributed by atoms with E-state index in [0.717, 1.165) is 102 Å². The lowest BCUT2D eigenvalue weighted by Crippen LogP contribution is -2.52. The van der Waals surface area contributed by atoms with E-state index in [1.165, 1.54) is 31.4 Å². The second-order valence-electron chi connectivity index (χ2n) is 20.8. The van der Waals surface area contributed by atoms with Crippen LogP contribution in [0.5, 0.6) is 17.6 Å². The van der Waals surface area contributed by atoms with Gasteiger partial charge >= 0.3 is 6.01 Å². The van der Waals surface area contributed by atoms with Crippen molar-refractivity contribution in [2.75, 3.05) is 89.0 Å². The summed E-state index contributed by atoms with van der Waals surface area (Å²) in [6, 6.07) is 10.9. The molecule has 0 radical (unpaired) electrons. The molecule has 2 saturated carbocycles. The van der Waals surface area contributed by atoms with Crippen molar-refractivity contribution < 1.29 is 42.5 Å². The van der Waals surface area contributed by atoms with Gasteiger partial charge in [-0.2, -0.15) is 9.97 Å². The van der Waals surface area contributed by atoms with Gasteiger partial charge in [0, 0.05) is 106 Å². The molecule has 2 N–H and O–H groups in total. The molecule has 374 valence electrons. The van der Waals surface area contributed by atoms with E-state index in [0.29, 0.717) is 55.4 Å². The maximum Gasteiger partial charge on any atom is 0.319 e. The minimum absolute atomic E-state index is 0.0316. The van der Waals surface area contributed by atoms with Gasteiger partial charge in [0.15, 0.2) is 5.82 Å². The van der Waals surface area contributed by atoms with Gasteiger partial charge in [-0.3, -0.25) is 19.7 Å². The number of aromatic nitrogens is 3. The van der Waals surface area contributed by atoms with Crippen molar-refractivity contribution in [2.24, 2.45) is 11.3 Å².